The molecule has 0 saturated carbocycles. The number of hydrogen-bond donors (Lipinski definition) is 2. The molecule has 1 aromatic heterocycles. The molecular formula is C12H13ClN2O2S. The molecule has 0 saturated heterocycles. The van der Waals surface area contributed by atoms with Crippen molar-refractivity contribution in [1.29, 1.82) is 0 Å². The third kappa shape index (κ3) is 3.05. The van der Waals surface area contributed by atoms with E-state index in [1.807, 2.05) is 18.5 Å². The summed E-state index contributed by atoms with van der Waals surface area (Å²) in [5.41, 5.74) is 1.68. The smallest absolute Gasteiger partial charge is 0.175 e. The van der Waals surface area contributed by atoms with E-state index in [0.29, 0.717) is 17.3 Å². The fraction of sp³-hybridized carbons (Fsp3) is 0.167. The number of anilines is 1. The van der Waals surface area contributed by atoms with Crippen molar-refractivity contribution in [3.8, 4) is 0 Å². The number of benzene rings is 1. The number of H-pyrrole nitrogens is 1. The molecule has 0 radical (unpaired) electrons. The van der Waals surface area contributed by atoms with Gasteiger partial charge in [0.15, 0.2) is 9.84 Å². The molecule has 2 N–H and O–H groups in total. The van der Waals surface area contributed by atoms with Crippen LogP contribution in [0.5, 0.6) is 0 Å². The molecule has 0 aliphatic rings. The Morgan fingerprint density at radius 2 is 2.11 bits per heavy atom. The first-order chi connectivity index (χ1) is 8.47. The average Bonchev–Trinajstić information content (AvgIpc) is 2.79. The maximum atomic E-state index is 11.5. The van der Waals surface area contributed by atoms with E-state index < -0.39 is 9.84 Å². The number of nitrogens with one attached hydrogen (secondary N) is 2. The molecule has 0 fully saturated rings. The molecule has 1 heterocycles. The van der Waals surface area contributed by atoms with Crippen molar-refractivity contribution in [2.75, 3.05) is 11.6 Å². The van der Waals surface area contributed by atoms with Crippen LogP contribution in [0.4, 0.5) is 5.69 Å². The van der Waals surface area contributed by atoms with Gasteiger partial charge in [0.2, 0.25) is 0 Å². The first-order valence-corrected chi connectivity index (χ1v) is 7.59. The van der Waals surface area contributed by atoms with Gasteiger partial charge in [-0.05, 0) is 29.8 Å². The summed E-state index contributed by atoms with van der Waals surface area (Å²) in [7, 11) is -3.22. The van der Waals surface area contributed by atoms with Crippen molar-refractivity contribution in [1.82, 2.24) is 4.98 Å². The van der Waals surface area contributed by atoms with Crippen LogP contribution in [0.1, 0.15) is 5.56 Å². The first kappa shape index (κ1) is 13.0. The number of sulfone groups is 1. The topological polar surface area (TPSA) is 62.0 Å². The predicted octanol–water partition coefficient (Wildman–Crippen LogP) is 2.68. The lowest BCUT2D eigenvalue weighted by Gasteiger charge is -2.09. The Morgan fingerprint density at radius 3 is 2.72 bits per heavy atom. The molecule has 1 aromatic carbocycles. The lowest BCUT2D eigenvalue weighted by molar-refractivity contribution is 0.602. The van der Waals surface area contributed by atoms with E-state index in [4.69, 9.17) is 11.6 Å². The van der Waals surface area contributed by atoms with Gasteiger partial charge in [0, 0.05) is 25.2 Å². The summed E-state index contributed by atoms with van der Waals surface area (Å²) >= 11 is 6.02. The molecule has 18 heavy (non-hydrogen) atoms. The fourth-order valence-electron chi connectivity index (χ4n) is 1.54. The van der Waals surface area contributed by atoms with E-state index in [9.17, 15) is 8.42 Å². The summed E-state index contributed by atoms with van der Waals surface area (Å²) in [6.07, 6.45) is 4.86. The van der Waals surface area contributed by atoms with Crippen molar-refractivity contribution in [2.24, 2.45) is 0 Å². The number of aromatic nitrogens is 1. The quantitative estimate of drug-likeness (QED) is 0.907. The number of halogens is 1. The maximum Gasteiger partial charge on any atom is 0.175 e. The van der Waals surface area contributed by atoms with Crippen LogP contribution >= 0.6 is 11.6 Å². The molecule has 0 aliphatic carbocycles. The second-order valence-electron chi connectivity index (χ2n) is 3.99. The van der Waals surface area contributed by atoms with Gasteiger partial charge in [-0.25, -0.2) is 8.42 Å². The van der Waals surface area contributed by atoms with Crippen LogP contribution in [0, 0.1) is 0 Å². The molecular weight excluding hydrogens is 272 g/mol. The minimum atomic E-state index is -3.22. The van der Waals surface area contributed by atoms with Crippen LogP contribution in [0.2, 0.25) is 5.02 Å². The zero-order valence-electron chi connectivity index (χ0n) is 9.77. The molecule has 2 aromatic rings. The number of rotatable bonds is 4. The van der Waals surface area contributed by atoms with E-state index in [-0.39, 0.29) is 4.90 Å². The highest BCUT2D eigenvalue weighted by molar-refractivity contribution is 7.90. The van der Waals surface area contributed by atoms with Crippen LogP contribution in [0.3, 0.4) is 0 Å². The second kappa shape index (κ2) is 5.04. The minimum Gasteiger partial charge on any atom is -0.380 e. The summed E-state index contributed by atoms with van der Waals surface area (Å²) < 4.78 is 22.9. The Bertz CT molecular complexity index is 636. The highest BCUT2D eigenvalue weighted by Gasteiger charge is 2.10. The van der Waals surface area contributed by atoms with Crippen LogP contribution < -0.4 is 5.32 Å². The molecule has 96 valence electrons. The molecule has 0 spiro atoms. The average molecular weight is 285 g/mol. The molecule has 6 heteroatoms. The summed E-state index contributed by atoms with van der Waals surface area (Å²) in [6.45, 7) is 0.580. The van der Waals surface area contributed by atoms with Crippen molar-refractivity contribution in [3.05, 3.63) is 47.2 Å². The van der Waals surface area contributed by atoms with Crippen molar-refractivity contribution >= 4 is 27.1 Å². The lowest BCUT2D eigenvalue weighted by atomic mass is 10.3. The normalized spacial score (nSPS) is 11.4. The van der Waals surface area contributed by atoms with Gasteiger partial charge in [-0.15, -0.1) is 0 Å². The SMILES string of the molecule is CS(=O)(=O)c1ccc(Cl)c(NCc2cc[nH]c2)c1. The summed E-state index contributed by atoms with van der Waals surface area (Å²) in [5.74, 6) is 0. The molecule has 0 unspecified atom stereocenters. The first-order valence-electron chi connectivity index (χ1n) is 5.32. The Morgan fingerprint density at radius 1 is 1.33 bits per heavy atom. The third-order valence-electron chi connectivity index (χ3n) is 2.51. The molecule has 0 atom stereocenters. The zero-order chi connectivity index (χ0) is 13.2. The van der Waals surface area contributed by atoms with Crippen molar-refractivity contribution < 1.29 is 8.42 Å². The van der Waals surface area contributed by atoms with Crippen LogP contribution in [0.15, 0.2) is 41.6 Å². The number of aromatic amines is 1. The third-order valence-corrected chi connectivity index (χ3v) is 3.95. The molecule has 0 amide bonds. The van der Waals surface area contributed by atoms with Crippen LogP contribution in [-0.4, -0.2) is 19.7 Å². The number of hydrogen-bond acceptors (Lipinski definition) is 3. The minimum absolute atomic E-state index is 0.253. The second-order valence-corrected chi connectivity index (χ2v) is 6.41. The Labute approximate surface area is 111 Å². The van der Waals surface area contributed by atoms with Gasteiger partial charge < -0.3 is 10.3 Å². The molecule has 0 aliphatic heterocycles. The summed E-state index contributed by atoms with van der Waals surface area (Å²) in [5, 5.41) is 3.61. The van der Waals surface area contributed by atoms with Gasteiger partial charge in [-0.2, -0.15) is 0 Å². The lowest BCUT2D eigenvalue weighted by Crippen LogP contribution is -2.02. The summed E-state index contributed by atoms with van der Waals surface area (Å²) in [6, 6.07) is 6.56. The van der Waals surface area contributed by atoms with Gasteiger partial charge in [-0.1, -0.05) is 11.6 Å². The van der Waals surface area contributed by atoms with Gasteiger partial charge in [0.25, 0.3) is 0 Å². The van der Waals surface area contributed by atoms with E-state index >= 15 is 0 Å². The Hall–Kier alpha value is -1.46. The van der Waals surface area contributed by atoms with Crippen molar-refractivity contribution in [2.45, 2.75) is 11.4 Å². The monoisotopic (exact) mass is 284 g/mol. The highest BCUT2D eigenvalue weighted by atomic mass is 35.5. The molecule has 0 bridgehead atoms. The van der Waals surface area contributed by atoms with Crippen molar-refractivity contribution in [3.63, 3.8) is 0 Å². The predicted molar refractivity (Wildman–Crippen MR) is 72.7 cm³/mol. The van der Waals surface area contributed by atoms with E-state index in [0.717, 1.165) is 5.56 Å². The molecule has 4 nitrogen and oxygen atoms in total. The van der Waals surface area contributed by atoms with Gasteiger partial charge in [-0.3, -0.25) is 0 Å². The fourth-order valence-corrected chi connectivity index (χ4v) is 2.37. The zero-order valence-corrected chi connectivity index (χ0v) is 11.3. The summed E-state index contributed by atoms with van der Waals surface area (Å²) in [4.78, 5) is 3.20. The van der Waals surface area contributed by atoms with Gasteiger partial charge >= 0.3 is 0 Å². The van der Waals surface area contributed by atoms with Gasteiger partial charge in [0.05, 0.1) is 15.6 Å². The van der Waals surface area contributed by atoms with E-state index in [1.165, 1.54) is 12.3 Å². The van der Waals surface area contributed by atoms with Crippen LogP contribution in [0.25, 0.3) is 0 Å². The van der Waals surface area contributed by atoms with Gasteiger partial charge in [0.1, 0.15) is 0 Å². The molecule has 2 rings (SSSR count). The van der Waals surface area contributed by atoms with Crippen LogP contribution in [-0.2, 0) is 16.4 Å². The van der Waals surface area contributed by atoms with E-state index in [1.54, 1.807) is 12.1 Å². The standard InChI is InChI=1S/C12H13ClN2O2S/c1-18(16,17)10-2-3-11(13)12(6-10)15-8-9-4-5-14-7-9/h2-7,14-15H,8H2,1H3. The Kier molecular flexibility index (Phi) is 3.63. The maximum absolute atomic E-state index is 11.5. The highest BCUT2D eigenvalue weighted by Crippen LogP contribution is 2.25. The largest absolute Gasteiger partial charge is 0.380 e. The van der Waals surface area contributed by atoms with E-state index in [2.05, 4.69) is 10.3 Å². The Balaban J connectivity index is 2.22.